The van der Waals surface area contributed by atoms with Crippen LogP contribution >= 0.6 is 11.3 Å². The number of carbonyl (C=O) groups excluding carboxylic acids is 1. The molecule has 7 nitrogen and oxygen atoms in total. The Kier molecular flexibility index (Phi) is 8.73. The van der Waals surface area contributed by atoms with Gasteiger partial charge in [0.1, 0.15) is 0 Å². The number of halogens is 3. The predicted octanol–water partition coefficient (Wildman–Crippen LogP) is 3.47. The molecule has 176 valence electrons. The molecule has 2 N–H and O–H groups in total. The van der Waals surface area contributed by atoms with Gasteiger partial charge >= 0.3 is 18.2 Å². The summed E-state index contributed by atoms with van der Waals surface area (Å²) in [5, 5.41) is 12.3. The Balaban J connectivity index is 0.000000423. The SMILES string of the molecule is Cc1ccsc1CN1CC[C@]2(CCC[C@H](CNC(=O)N(C)C)O2)C1.O=C(O)C(F)(F)F. The van der Waals surface area contributed by atoms with Gasteiger partial charge in [-0.05, 0) is 49.6 Å². The quantitative estimate of drug-likeness (QED) is 0.712. The first-order chi connectivity index (χ1) is 14.4. The summed E-state index contributed by atoms with van der Waals surface area (Å²) in [5.74, 6) is -2.76. The van der Waals surface area contributed by atoms with Gasteiger partial charge in [0.25, 0.3) is 0 Å². The summed E-state index contributed by atoms with van der Waals surface area (Å²) in [7, 11) is 3.53. The van der Waals surface area contributed by atoms with Gasteiger partial charge in [0, 0.05) is 45.2 Å². The van der Waals surface area contributed by atoms with E-state index in [1.54, 1.807) is 19.0 Å². The lowest BCUT2D eigenvalue weighted by Gasteiger charge is -2.39. The molecule has 2 aliphatic heterocycles. The standard InChI is InChI=1S/C18H29N3O2S.C2HF3O2/c1-14-6-10-24-16(14)12-21-9-8-18(13-21)7-4-5-15(23-18)11-19-17(22)20(2)3;3-2(4,5)1(6)7/h6,10,15H,4-5,7-9,11-13H2,1-3H3,(H,19,22);(H,6,7)/t15-,18-;/m1./s1. The minimum absolute atomic E-state index is 0.00305. The lowest BCUT2D eigenvalue weighted by Crippen LogP contribution is -2.48. The third-order valence-electron chi connectivity index (χ3n) is 5.44. The molecule has 0 bridgehead atoms. The molecule has 0 unspecified atom stereocenters. The fourth-order valence-corrected chi connectivity index (χ4v) is 4.71. The number of rotatable bonds is 4. The fraction of sp³-hybridized carbons (Fsp3) is 0.700. The zero-order valence-electron chi connectivity index (χ0n) is 18.0. The molecule has 2 saturated heterocycles. The molecule has 1 aromatic heterocycles. The molecule has 11 heteroatoms. The molecule has 0 aliphatic carbocycles. The first kappa shape index (κ1) is 25.4. The van der Waals surface area contributed by atoms with E-state index in [4.69, 9.17) is 14.6 Å². The van der Waals surface area contributed by atoms with Gasteiger partial charge in [0.2, 0.25) is 0 Å². The van der Waals surface area contributed by atoms with Gasteiger partial charge in [-0.25, -0.2) is 9.59 Å². The fourth-order valence-electron chi connectivity index (χ4n) is 3.76. The summed E-state index contributed by atoms with van der Waals surface area (Å²) in [6.45, 7) is 5.97. The van der Waals surface area contributed by atoms with Crippen molar-refractivity contribution in [3.05, 3.63) is 21.9 Å². The van der Waals surface area contributed by atoms with E-state index in [0.29, 0.717) is 6.54 Å². The van der Waals surface area contributed by atoms with Gasteiger partial charge in [-0.2, -0.15) is 13.2 Å². The second kappa shape index (κ2) is 10.6. The van der Waals surface area contributed by atoms with Gasteiger partial charge < -0.3 is 20.1 Å². The number of carboxylic acids is 1. The molecule has 0 saturated carbocycles. The van der Waals surface area contributed by atoms with Crippen LogP contribution in [0.3, 0.4) is 0 Å². The maximum absolute atomic E-state index is 11.7. The lowest BCUT2D eigenvalue weighted by atomic mass is 9.90. The smallest absolute Gasteiger partial charge is 0.475 e. The van der Waals surface area contributed by atoms with Crippen molar-refractivity contribution < 1.29 is 32.6 Å². The number of aryl methyl sites for hydroxylation is 1. The third-order valence-corrected chi connectivity index (χ3v) is 6.44. The molecule has 0 radical (unpaired) electrons. The van der Waals surface area contributed by atoms with Crippen LogP contribution in [0, 0.1) is 6.92 Å². The Bertz CT molecular complexity index is 756. The average molecular weight is 466 g/mol. The van der Waals surface area contributed by atoms with Crippen LogP contribution in [0.2, 0.25) is 0 Å². The summed E-state index contributed by atoms with van der Waals surface area (Å²) in [6.07, 6.45) is -0.458. The summed E-state index contributed by atoms with van der Waals surface area (Å²) in [4.78, 5) is 26.2. The highest BCUT2D eigenvalue weighted by Gasteiger charge is 2.43. The van der Waals surface area contributed by atoms with E-state index in [1.807, 2.05) is 11.3 Å². The number of carbonyl (C=O) groups is 2. The highest BCUT2D eigenvalue weighted by molar-refractivity contribution is 7.10. The van der Waals surface area contributed by atoms with Crippen LogP contribution in [-0.2, 0) is 16.1 Å². The van der Waals surface area contributed by atoms with Gasteiger partial charge in [-0.15, -0.1) is 11.3 Å². The van der Waals surface area contributed by atoms with Crippen LogP contribution in [0.5, 0.6) is 0 Å². The Morgan fingerprint density at radius 3 is 2.61 bits per heavy atom. The van der Waals surface area contributed by atoms with Gasteiger partial charge in [-0.3, -0.25) is 4.90 Å². The monoisotopic (exact) mass is 465 g/mol. The number of urea groups is 1. The number of hydrogen-bond acceptors (Lipinski definition) is 5. The molecular weight excluding hydrogens is 435 g/mol. The van der Waals surface area contributed by atoms with E-state index in [2.05, 4.69) is 28.6 Å². The Hall–Kier alpha value is -1.85. The van der Waals surface area contributed by atoms with Crippen molar-refractivity contribution in [2.24, 2.45) is 0 Å². The van der Waals surface area contributed by atoms with Crippen molar-refractivity contribution in [1.29, 1.82) is 0 Å². The van der Waals surface area contributed by atoms with E-state index in [0.717, 1.165) is 38.9 Å². The summed E-state index contributed by atoms with van der Waals surface area (Å²) >= 11 is 1.85. The molecule has 3 rings (SSSR count). The predicted molar refractivity (Wildman–Crippen MR) is 111 cm³/mol. The number of likely N-dealkylation sites (tertiary alicyclic amines) is 1. The number of aliphatic carboxylic acids is 1. The highest BCUT2D eigenvalue weighted by atomic mass is 32.1. The molecule has 2 atom stereocenters. The van der Waals surface area contributed by atoms with Crippen molar-refractivity contribution in [2.45, 2.75) is 57.0 Å². The number of nitrogens with zero attached hydrogens (tertiary/aromatic N) is 2. The van der Waals surface area contributed by atoms with Crippen LogP contribution < -0.4 is 5.32 Å². The van der Waals surface area contributed by atoms with Gasteiger partial charge in [0.05, 0.1) is 11.7 Å². The maximum atomic E-state index is 11.7. The van der Waals surface area contributed by atoms with Crippen LogP contribution in [0.1, 0.15) is 36.1 Å². The van der Waals surface area contributed by atoms with Gasteiger partial charge in [-0.1, -0.05) is 0 Å². The molecular formula is C20H30F3N3O4S. The number of amides is 2. The Morgan fingerprint density at radius 1 is 1.39 bits per heavy atom. The van der Waals surface area contributed by atoms with Gasteiger partial charge in [0.15, 0.2) is 0 Å². The topological polar surface area (TPSA) is 82.1 Å². The second-order valence-electron chi connectivity index (χ2n) is 8.19. The van der Waals surface area contributed by atoms with Crippen LogP contribution in [-0.4, -0.2) is 78.5 Å². The molecule has 0 aromatic carbocycles. The van der Waals surface area contributed by atoms with E-state index in [-0.39, 0.29) is 17.7 Å². The number of alkyl halides is 3. The third kappa shape index (κ3) is 7.65. The maximum Gasteiger partial charge on any atom is 0.490 e. The zero-order valence-corrected chi connectivity index (χ0v) is 18.8. The number of hydrogen-bond donors (Lipinski definition) is 2. The van der Waals surface area contributed by atoms with Crippen molar-refractivity contribution in [1.82, 2.24) is 15.1 Å². The molecule has 3 heterocycles. The molecule has 2 amide bonds. The minimum Gasteiger partial charge on any atom is -0.475 e. The summed E-state index contributed by atoms with van der Waals surface area (Å²) < 4.78 is 38.2. The largest absolute Gasteiger partial charge is 0.490 e. The second-order valence-corrected chi connectivity index (χ2v) is 9.19. The molecule has 2 fully saturated rings. The number of nitrogens with one attached hydrogen (secondary N) is 1. The van der Waals surface area contributed by atoms with Crippen LogP contribution in [0.4, 0.5) is 18.0 Å². The van der Waals surface area contributed by atoms with Crippen molar-refractivity contribution in [2.75, 3.05) is 33.7 Å². The lowest BCUT2D eigenvalue weighted by molar-refractivity contribution is -0.192. The van der Waals surface area contributed by atoms with Crippen molar-refractivity contribution in [3.63, 3.8) is 0 Å². The molecule has 1 spiro atoms. The molecule has 2 aliphatic rings. The summed E-state index contributed by atoms with van der Waals surface area (Å²) in [5.41, 5.74) is 1.39. The van der Waals surface area contributed by atoms with E-state index < -0.39 is 12.1 Å². The Labute approximate surface area is 184 Å². The van der Waals surface area contributed by atoms with Crippen LogP contribution in [0.15, 0.2) is 11.4 Å². The van der Waals surface area contributed by atoms with E-state index in [9.17, 15) is 18.0 Å². The average Bonchev–Trinajstić information content (AvgIpc) is 3.26. The number of carboxylic acid groups (broad SMARTS) is 1. The van der Waals surface area contributed by atoms with Crippen molar-refractivity contribution in [3.8, 4) is 0 Å². The number of ether oxygens (including phenoxy) is 1. The molecule has 1 aromatic rings. The zero-order chi connectivity index (χ0) is 23.2. The van der Waals surface area contributed by atoms with E-state index in [1.165, 1.54) is 16.9 Å². The van der Waals surface area contributed by atoms with E-state index >= 15 is 0 Å². The van der Waals surface area contributed by atoms with Crippen molar-refractivity contribution >= 4 is 23.3 Å². The van der Waals surface area contributed by atoms with Crippen LogP contribution in [0.25, 0.3) is 0 Å². The normalized spacial score (nSPS) is 23.9. The first-order valence-electron chi connectivity index (χ1n) is 10.1. The Morgan fingerprint density at radius 2 is 2.06 bits per heavy atom. The first-order valence-corrected chi connectivity index (χ1v) is 11.0. The summed E-state index contributed by atoms with van der Waals surface area (Å²) in [6, 6.07) is 2.16. The highest BCUT2D eigenvalue weighted by Crippen LogP contribution is 2.37. The number of thiophene rings is 1. The molecule has 31 heavy (non-hydrogen) atoms. The minimum atomic E-state index is -5.08.